The molecule has 0 saturated heterocycles. The average Bonchev–Trinajstić information content (AvgIpc) is 2.64. The molecule has 0 spiro atoms. The molecule has 0 atom stereocenters. The van der Waals surface area contributed by atoms with E-state index in [0.717, 1.165) is 37.4 Å². The Bertz CT molecular complexity index is 642. The van der Waals surface area contributed by atoms with Gasteiger partial charge >= 0.3 is 0 Å². The Balaban J connectivity index is 1.99. The molecule has 2 heterocycles. The monoisotopic (exact) mass is 288 g/mol. The largest absolute Gasteiger partial charge is 0.394 e. The fraction of sp³-hybridized carbons (Fsp3) is 0.333. The molecule has 2 aromatic rings. The highest BCUT2D eigenvalue weighted by molar-refractivity contribution is 6.28. The number of fused-ring (bicyclic) bond motifs is 1. The van der Waals surface area contributed by atoms with Gasteiger partial charge in [0.1, 0.15) is 0 Å². The van der Waals surface area contributed by atoms with E-state index in [1.165, 1.54) is 11.1 Å². The maximum atomic E-state index is 6.13. The predicted octanol–water partition coefficient (Wildman–Crippen LogP) is 2.97. The van der Waals surface area contributed by atoms with E-state index in [1.807, 2.05) is 6.92 Å². The van der Waals surface area contributed by atoms with E-state index in [2.05, 4.69) is 39.1 Å². The summed E-state index contributed by atoms with van der Waals surface area (Å²) in [7, 11) is 0. The summed E-state index contributed by atoms with van der Waals surface area (Å²) in [5.74, 6) is 0.749. The molecule has 2 N–H and O–H groups in total. The first kappa shape index (κ1) is 13.2. The van der Waals surface area contributed by atoms with Crippen LogP contribution in [0.2, 0.25) is 5.28 Å². The van der Waals surface area contributed by atoms with E-state index in [0.29, 0.717) is 5.69 Å². The third-order valence-corrected chi connectivity index (χ3v) is 3.91. The highest BCUT2D eigenvalue weighted by Gasteiger charge is 2.19. The van der Waals surface area contributed by atoms with Gasteiger partial charge in [0, 0.05) is 13.1 Å². The summed E-state index contributed by atoms with van der Waals surface area (Å²) in [5.41, 5.74) is 10.2. The minimum atomic E-state index is 0.254. The van der Waals surface area contributed by atoms with Gasteiger partial charge in [0.15, 0.2) is 5.82 Å². The fourth-order valence-corrected chi connectivity index (χ4v) is 2.86. The number of nitrogens with two attached hydrogens (primary N) is 1. The molecule has 20 heavy (non-hydrogen) atoms. The summed E-state index contributed by atoms with van der Waals surface area (Å²) in [6.07, 6.45) is 2.17. The van der Waals surface area contributed by atoms with Crippen LogP contribution in [0.4, 0.5) is 11.5 Å². The molecule has 1 aromatic heterocycles. The zero-order valence-electron chi connectivity index (χ0n) is 11.4. The number of anilines is 2. The molecule has 0 bridgehead atoms. The van der Waals surface area contributed by atoms with E-state index >= 15 is 0 Å². The maximum absolute atomic E-state index is 6.13. The lowest BCUT2D eigenvalue weighted by atomic mass is 10.0. The molecule has 0 radical (unpaired) electrons. The molecule has 0 amide bonds. The lowest BCUT2D eigenvalue weighted by Crippen LogP contribution is -2.25. The molecule has 1 aromatic carbocycles. The maximum Gasteiger partial charge on any atom is 0.224 e. The Morgan fingerprint density at radius 3 is 2.75 bits per heavy atom. The highest BCUT2D eigenvalue weighted by atomic mass is 35.5. The summed E-state index contributed by atoms with van der Waals surface area (Å²) >= 11 is 5.98. The van der Waals surface area contributed by atoms with Crippen molar-refractivity contribution in [3.05, 3.63) is 46.4 Å². The zero-order valence-corrected chi connectivity index (χ0v) is 12.2. The van der Waals surface area contributed by atoms with Gasteiger partial charge < -0.3 is 10.6 Å². The number of rotatable bonds is 1. The van der Waals surface area contributed by atoms with Gasteiger partial charge in [-0.05, 0) is 42.5 Å². The molecule has 5 heteroatoms. The number of hydrogen-bond acceptors (Lipinski definition) is 4. The van der Waals surface area contributed by atoms with E-state index in [1.54, 1.807) is 0 Å². The topological polar surface area (TPSA) is 55.0 Å². The van der Waals surface area contributed by atoms with Gasteiger partial charge in [-0.15, -0.1) is 0 Å². The van der Waals surface area contributed by atoms with E-state index in [9.17, 15) is 0 Å². The van der Waals surface area contributed by atoms with E-state index < -0.39 is 0 Å². The third-order valence-electron chi connectivity index (χ3n) is 3.74. The number of aromatic nitrogens is 2. The van der Waals surface area contributed by atoms with E-state index in [4.69, 9.17) is 17.3 Å². The molecule has 4 nitrogen and oxygen atoms in total. The van der Waals surface area contributed by atoms with Gasteiger partial charge in [-0.1, -0.05) is 24.3 Å². The van der Waals surface area contributed by atoms with Crippen LogP contribution in [0.3, 0.4) is 0 Å². The van der Waals surface area contributed by atoms with Crippen molar-refractivity contribution in [2.45, 2.75) is 26.3 Å². The van der Waals surface area contributed by atoms with Crippen LogP contribution in [0, 0.1) is 6.92 Å². The number of hydrogen-bond donors (Lipinski definition) is 1. The Morgan fingerprint density at radius 1 is 1.20 bits per heavy atom. The molecule has 1 aliphatic rings. The third kappa shape index (κ3) is 2.43. The predicted molar refractivity (Wildman–Crippen MR) is 82.0 cm³/mol. The SMILES string of the molecule is Cc1nc(Cl)nc(N2CCCc3ccccc3C2)c1N. The van der Waals surface area contributed by atoms with Crippen LogP contribution in [0.5, 0.6) is 0 Å². The zero-order chi connectivity index (χ0) is 14.1. The van der Waals surface area contributed by atoms with Crippen LogP contribution in [-0.2, 0) is 13.0 Å². The Hall–Kier alpha value is -1.81. The van der Waals surface area contributed by atoms with Crippen molar-refractivity contribution in [1.29, 1.82) is 0 Å². The van der Waals surface area contributed by atoms with Gasteiger partial charge in [0.2, 0.25) is 5.28 Å². The Morgan fingerprint density at radius 2 is 1.95 bits per heavy atom. The van der Waals surface area contributed by atoms with Gasteiger partial charge in [-0.25, -0.2) is 4.98 Å². The van der Waals surface area contributed by atoms with Crippen molar-refractivity contribution in [1.82, 2.24) is 9.97 Å². The Labute approximate surface area is 123 Å². The van der Waals surface area contributed by atoms with Gasteiger partial charge in [0.05, 0.1) is 11.4 Å². The van der Waals surface area contributed by atoms with Crippen LogP contribution < -0.4 is 10.6 Å². The quantitative estimate of drug-likeness (QED) is 0.820. The van der Waals surface area contributed by atoms with Crippen LogP contribution in [-0.4, -0.2) is 16.5 Å². The smallest absolute Gasteiger partial charge is 0.224 e. The average molecular weight is 289 g/mol. The minimum absolute atomic E-state index is 0.254. The lowest BCUT2D eigenvalue weighted by molar-refractivity contribution is 0.753. The van der Waals surface area contributed by atoms with Crippen molar-refractivity contribution in [2.75, 3.05) is 17.2 Å². The molecule has 0 fully saturated rings. The summed E-state index contributed by atoms with van der Waals surface area (Å²) in [6, 6.07) is 8.53. The first-order valence-corrected chi connectivity index (χ1v) is 7.14. The molecular formula is C15H17ClN4. The normalized spacial score (nSPS) is 14.8. The summed E-state index contributed by atoms with van der Waals surface area (Å²) in [4.78, 5) is 10.6. The highest BCUT2D eigenvalue weighted by Crippen LogP contribution is 2.28. The number of aryl methyl sites for hydroxylation is 2. The first-order valence-electron chi connectivity index (χ1n) is 6.76. The molecule has 0 unspecified atom stereocenters. The minimum Gasteiger partial charge on any atom is -0.394 e. The van der Waals surface area contributed by atoms with Gasteiger partial charge in [-0.2, -0.15) is 4.98 Å². The molecule has 3 rings (SSSR count). The first-order chi connectivity index (χ1) is 9.65. The number of benzene rings is 1. The van der Waals surface area contributed by atoms with Crippen molar-refractivity contribution >= 4 is 23.1 Å². The molecule has 104 valence electrons. The molecular weight excluding hydrogens is 272 g/mol. The molecule has 0 aliphatic carbocycles. The lowest BCUT2D eigenvalue weighted by Gasteiger charge is -2.24. The van der Waals surface area contributed by atoms with Crippen LogP contribution >= 0.6 is 11.6 Å². The number of nitrogen functional groups attached to an aromatic ring is 1. The van der Waals surface area contributed by atoms with Crippen LogP contribution in [0.25, 0.3) is 0 Å². The van der Waals surface area contributed by atoms with E-state index in [-0.39, 0.29) is 5.28 Å². The van der Waals surface area contributed by atoms with Crippen LogP contribution in [0.15, 0.2) is 24.3 Å². The van der Waals surface area contributed by atoms with Gasteiger partial charge in [-0.3, -0.25) is 0 Å². The van der Waals surface area contributed by atoms with Crippen LogP contribution in [0.1, 0.15) is 23.2 Å². The van der Waals surface area contributed by atoms with Crippen molar-refractivity contribution in [3.63, 3.8) is 0 Å². The summed E-state index contributed by atoms with van der Waals surface area (Å²) in [5, 5.41) is 0.254. The molecule has 0 saturated carbocycles. The van der Waals surface area contributed by atoms with Gasteiger partial charge in [0.25, 0.3) is 0 Å². The van der Waals surface area contributed by atoms with Crippen molar-refractivity contribution < 1.29 is 0 Å². The van der Waals surface area contributed by atoms with Crippen molar-refractivity contribution in [2.24, 2.45) is 0 Å². The number of halogens is 1. The standard InChI is InChI=1S/C15H17ClN4/c1-10-13(17)14(19-15(16)18-10)20-8-4-7-11-5-2-3-6-12(11)9-20/h2-3,5-6H,4,7-9,17H2,1H3. The fourth-order valence-electron chi connectivity index (χ4n) is 2.66. The second kappa shape index (κ2) is 5.29. The second-order valence-corrected chi connectivity index (χ2v) is 5.45. The number of nitrogens with zero attached hydrogens (tertiary/aromatic N) is 3. The molecule has 1 aliphatic heterocycles. The van der Waals surface area contributed by atoms with Crippen molar-refractivity contribution in [3.8, 4) is 0 Å². The Kier molecular flexibility index (Phi) is 3.49. The second-order valence-electron chi connectivity index (χ2n) is 5.11. The summed E-state index contributed by atoms with van der Waals surface area (Å²) < 4.78 is 0. The summed E-state index contributed by atoms with van der Waals surface area (Å²) in [6.45, 7) is 3.59.